The van der Waals surface area contributed by atoms with E-state index >= 15 is 0 Å². The van der Waals surface area contributed by atoms with Crippen molar-refractivity contribution in [1.29, 1.82) is 0 Å². The molecule has 352 valence electrons. The molecule has 0 rings (SSSR count). The Morgan fingerprint density at radius 2 is 0.661 bits per heavy atom. The van der Waals surface area contributed by atoms with Gasteiger partial charge >= 0.3 is 17.9 Å². The van der Waals surface area contributed by atoms with E-state index in [0.717, 1.165) is 96.3 Å². The maximum absolute atomic E-state index is 12.8. The summed E-state index contributed by atoms with van der Waals surface area (Å²) in [6.07, 6.45) is 65.3. The number of allylic oxidation sites excluding steroid dienone is 16. The van der Waals surface area contributed by atoms with E-state index in [-0.39, 0.29) is 31.1 Å². The van der Waals surface area contributed by atoms with Gasteiger partial charge in [-0.3, -0.25) is 14.4 Å². The summed E-state index contributed by atoms with van der Waals surface area (Å²) in [6.45, 7) is 6.39. The second-order valence-corrected chi connectivity index (χ2v) is 16.5. The monoisotopic (exact) mass is 861 g/mol. The van der Waals surface area contributed by atoms with Crippen molar-refractivity contribution in [3.63, 3.8) is 0 Å². The summed E-state index contributed by atoms with van der Waals surface area (Å²) in [5, 5.41) is 0. The molecular formula is C56H92O6. The van der Waals surface area contributed by atoms with Crippen molar-refractivity contribution in [2.45, 2.75) is 226 Å². The van der Waals surface area contributed by atoms with Crippen molar-refractivity contribution in [2.75, 3.05) is 13.2 Å². The zero-order chi connectivity index (χ0) is 45.1. The van der Waals surface area contributed by atoms with Gasteiger partial charge in [0.1, 0.15) is 13.2 Å². The van der Waals surface area contributed by atoms with Gasteiger partial charge in [0.25, 0.3) is 0 Å². The molecule has 0 aliphatic carbocycles. The smallest absolute Gasteiger partial charge is 0.306 e. The van der Waals surface area contributed by atoms with Crippen molar-refractivity contribution in [1.82, 2.24) is 0 Å². The molecule has 0 aromatic rings. The van der Waals surface area contributed by atoms with Crippen LogP contribution in [-0.4, -0.2) is 37.2 Å². The SMILES string of the molecule is CC\C=C/C=C\C=C/C=C\C=C\C=C/CCCCCC(=O)OCC(COC(=O)CCCCCCC/C=C\CCCC)OC(=O)CCCCCCC/C=C\CCCCCCCCC. The Bertz CT molecular complexity index is 1260. The van der Waals surface area contributed by atoms with E-state index in [2.05, 4.69) is 57.2 Å². The fourth-order valence-electron chi connectivity index (χ4n) is 6.62. The Hall–Kier alpha value is -3.67. The average Bonchev–Trinajstić information content (AvgIpc) is 3.27. The Kier molecular flexibility index (Phi) is 47.0. The molecule has 6 nitrogen and oxygen atoms in total. The molecule has 0 aromatic heterocycles. The summed E-state index contributed by atoms with van der Waals surface area (Å²) >= 11 is 0. The molecule has 0 bridgehead atoms. The van der Waals surface area contributed by atoms with Crippen LogP contribution in [0.25, 0.3) is 0 Å². The van der Waals surface area contributed by atoms with Gasteiger partial charge in [-0.25, -0.2) is 0 Å². The molecule has 0 saturated carbocycles. The highest BCUT2D eigenvalue weighted by molar-refractivity contribution is 5.71. The van der Waals surface area contributed by atoms with E-state index in [0.29, 0.717) is 19.3 Å². The minimum atomic E-state index is -0.803. The lowest BCUT2D eigenvalue weighted by Crippen LogP contribution is -2.30. The summed E-state index contributed by atoms with van der Waals surface area (Å²) in [4.78, 5) is 37.9. The summed E-state index contributed by atoms with van der Waals surface area (Å²) in [5.74, 6) is -0.968. The maximum atomic E-state index is 12.8. The van der Waals surface area contributed by atoms with Gasteiger partial charge < -0.3 is 14.2 Å². The third-order valence-corrected chi connectivity index (χ3v) is 10.5. The number of hydrogen-bond acceptors (Lipinski definition) is 6. The van der Waals surface area contributed by atoms with E-state index < -0.39 is 6.10 Å². The first-order chi connectivity index (χ1) is 30.5. The number of rotatable bonds is 44. The van der Waals surface area contributed by atoms with Crippen LogP contribution in [0.4, 0.5) is 0 Å². The van der Waals surface area contributed by atoms with Crippen LogP contribution in [0.1, 0.15) is 220 Å². The lowest BCUT2D eigenvalue weighted by molar-refractivity contribution is -0.167. The summed E-state index contributed by atoms with van der Waals surface area (Å²) in [6, 6.07) is 0. The molecule has 0 radical (unpaired) electrons. The van der Waals surface area contributed by atoms with Gasteiger partial charge in [0.2, 0.25) is 0 Å². The molecule has 0 aromatic carbocycles. The van der Waals surface area contributed by atoms with Crippen molar-refractivity contribution in [2.24, 2.45) is 0 Å². The lowest BCUT2D eigenvalue weighted by atomic mass is 10.1. The van der Waals surface area contributed by atoms with Gasteiger partial charge in [0.15, 0.2) is 6.10 Å². The first-order valence-electron chi connectivity index (χ1n) is 25.3. The number of carbonyl (C=O) groups is 3. The van der Waals surface area contributed by atoms with Crippen LogP contribution in [-0.2, 0) is 28.6 Å². The van der Waals surface area contributed by atoms with E-state index in [1.165, 1.54) is 83.5 Å². The summed E-state index contributed by atoms with van der Waals surface area (Å²) < 4.78 is 16.7. The number of hydrogen-bond donors (Lipinski definition) is 0. The van der Waals surface area contributed by atoms with Crippen molar-refractivity contribution >= 4 is 17.9 Å². The second-order valence-electron chi connectivity index (χ2n) is 16.5. The van der Waals surface area contributed by atoms with E-state index in [4.69, 9.17) is 14.2 Å². The first kappa shape index (κ1) is 58.3. The Morgan fingerprint density at radius 1 is 0.339 bits per heavy atom. The molecule has 0 saturated heterocycles. The van der Waals surface area contributed by atoms with Crippen molar-refractivity contribution < 1.29 is 28.6 Å². The van der Waals surface area contributed by atoms with Gasteiger partial charge in [0, 0.05) is 19.3 Å². The predicted molar refractivity (Wildman–Crippen MR) is 265 cm³/mol. The molecule has 0 aliphatic heterocycles. The molecule has 0 aliphatic rings. The van der Waals surface area contributed by atoms with Crippen molar-refractivity contribution in [3.05, 3.63) is 97.2 Å². The first-order valence-corrected chi connectivity index (χ1v) is 25.3. The Morgan fingerprint density at radius 3 is 1.10 bits per heavy atom. The molecule has 0 N–H and O–H groups in total. The van der Waals surface area contributed by atoms with Gasteiger partial charge in [-0.2, -0.15) is 0 Å². The summed E-state index contributed by atoms with van der Waals surface area (Å²) in [7, 11) is 0. The van der Waals surface area contributed by atoms with Gasteiger partial charge in [0.05, 0.1) is 0 Å². The van der Waals surface area contributed by atoms with Crippen molar-refractivity contribution in [3.8, 4) is 0 Å². The van der Waals surface area contributed by atoms with E-state index in [9.17, 15) is 14.4 Å². The molecule has 62 heavy (non-hydrogen) atoms. The minimum absolute atomic E-state index is 0.101. The fourth-order valence-corrected chi connectivity index (χ4v) is 6.62. The van der Waals surface area contributed by atoms with Gasteiger partial charge in [-0.1, -0.05) is 214 Å². The van der Waals surface area contributed by atoms with Crippen LogP contribution >= 0.6 is 0 Å². The highest BCUT2D eigenvalue weighted by Crippen LogP contribution is 2.13. The molecule has 0 spiro atoms. The average molecular weight is 861 g/mol. The van der Waals surface area contributed by atoms with Crippen LogP contribution < -0.4 is 0 Å². The third-order valence-electron chi connectivity index (χ3n) is 10.5. The number of unbranched alkanes of at least 4 members (excludes halogenated alkanes) is 22. The molecule has 1 atom stereocenters. The normalized spacial score (nSPS) is 12.9. The topological polar surface area (TPSA) is 78.9 Å². The Labute approximate surface area is 381 Å². The Balaban J connectivity index is 4.50. The predicted octanol–water partition coefficient (Wildman–Crippen LogP) is 16.6. The lowest BCUT2D eigenvalue weighted by Gasteiger charge is -2.18. The second kappa shape index (κ2) is 50.0. The summed E-state index contributed by atoms with van der Waals surface area (Å²) in [5.41, 5.74) is 0. The zero-order valence-corrected chi connectivity index (χ0v) is 40.1. The quantitative estimate of drug-likeness (QED) is 0.0200. The van der Waals surface area contributed by atoms with Gasteiger partial charge in [-0.05, 0) is 83.5 Å². The van der Waals surface area contributed by atoms with Crippen LogP contribution in [0.15, 0.2) is 97.2 Å². The molecular weight excluding hydrogens is 769 g/mol. The molecule has 1 unspecified atom stereocenters. The van der Waals surface area contributed by atoms with Crippen LogP contribution in [0.3, 0.4) is 0 Å². The maximum Gasteiger partial charge on any atom is 0.306 e. The zero-order valence-electron chi connectivity index (χ0n) is 40.1. The van der Waals surface area contributed by atoms with Crippen LogP contribution in [0.2, 0.25) is 0 Å². The fraction of sp³-hybridized carbons (Fsp3) is 0.661. The number of esters is 3. The van der Waals surface area contributed by atoms with Crippen LogP contribution in [0, 0.1) is 0 Å². The standard InChI is InChI=1S/C56H92O6/c1-4-7-10-13-16-19-22-24-26-28-30-31-34-37-40-43-46-49-55(58)61-52-53(51-60-54(57)48-45-42-39-36-33-21-18-15-12-9-6-3)62-56(59)50-47-44-41-38-35-32-29-27-25-23-20-17-14-11-8-5-2/h7,10,13,15-16,18-19,22,24,26-31,34,53H,4-6,8-9,11-12,14,17,20-21,23,25,32-33,35-52H2,1-3H3/b10-7-,16-13-,18-15-,22-19-,26-24-,29-27-,30-28+,34-31-. The highest BCUT2D eigenvalue weighted by Gasteiger charge is 2.19. The van der Waals surface area contributed by atoms with E-state index in [1.54, 1.807) is 0 Å². The van der Waals surface area contributed by atoms with E-state index in [1.807, 2.05) is 60.8 Å². The number of carbonyl (C=O) groups excluding carboxylic acids is 3. The largest absolute Gasteiger partial charge is 0.462 e. The molecule has 0 amide bonds. The van der Waals surface area contributed by atoms with Gasteiger partial charge in [-0.15, -0.1) is 0 Å². The molecule has 0 fully saturated rings. The molecule has 0 heterocycles. The minimum Gasteiger partial charge on any atom is -0.462 e. The van der Waals surface area contributed by atoms with Crippen LogP contribution in [0.5, 0.6) is 0 Å². The molecule has 6 heteroatoms. The number of ether oxygens (including phenoxy) is 3. The third kappa shape index (κ3) is 47.4. The highest BCUT2D eigenvalue weighted by atomic mass is 16.6.